The minimum Gasteiger partial charge on any atom is -0.497 e. The number of imide groups is 1. The molecule has 0 bridgehead atoms. The second kappa shape index (κ2) is 8.18. The van der Waals surface area contributed by atoms with Gasteiger partial charge in [-0.05, 0) is 61.2 Å². The Balaban J connectivity index is 1.88. The Labute approximate surface area is 161 Å². The second-order valence-corrected chi connectivity index (χ2v) is 6.55. The van der Waals surface area contributed by atoms with E-state index in [4.69, 9.17) is 14.2 Å². The van der Waals surface area contributed by atoms with Crippen LogP contribution in [0.1, 0.15) is 12.5 Å². The Kier molecular flexibility index (Phi) is 5.71. The number of nitrogens with zero attached hydrogens (tertiary/aromatic N) is 1. The summed E-state index contributed by atoms with van der Waals surface area (Å²) in [4.78, 5) is 26.7. The number of hydrogen-bond donors (Lipinski definition) is 0. The number of anilines is 1. The smallest absolute Gasteiger partial charge is 0.298 e. The Morgan fingerprint density at radius 2 is 1.70 bits per heavy atom. The summed E-state index contributed by atoms with van der Waals surface area (Å²) in [5.41, 5.74) is 1.20. The van der Waals surface area contributed by atoms with Crippen LogP contribution in [0.4, 0.5) is 10.5 Å². The van der Waals surface area contributed by atoms with Gasteiger partial charge in [0.05, 0.1) is 31.4 Å². The molecular weight excluding hydrogens is 366 g/mol. The number of methoxy groups -OCH3 is 2. The van der Waals surface area contributed by atoms with Gasteiger partial charge >= 0.3 is 0 Å². The van der Waals surface area contributed by atoms with Crippen LogP contribution in [0, 0.1) is 0 Å². The third kappa shape index (κ3) is 3.93. The van der Waals surface area contributed by atoms with Gasteiger partial charge in [0.2, 0.25) is 0 Å². The van der Waals surface area contributed by atoms with Crippen molar-refractivity contribution in [3.63, 3.8) is 0 Å². The lowest BCUT2D eigenvalue weighted by Crippen LogP contribution is -2.27. The maximum Gasteiger partial charge on any atom is 0.298 e. The molecule has 1 aliphatic heterocycles. The third-order valence-corrected chi connectivity index (χ3v) is 4.80. The summed E-state index contributed by atoms with van der Waals surface area (Å²) in [7, 11) is 3.11. The van der Waals surface area contributed by atoms with Gasteiger partial charge < -0.3 is 14.2 Å². The molecule has 7 heteroatoms. The molecule has 0 saturated carbocycles. The number of carbonyl (C=O) groups is 2. The largest absolute Gasteiger partial charge is 0.497 e. The Bertz CT molecular complexity index is 892. The Hall–Kier alpha value is -2.93. The normalized spacial score (nSPS) is 15.4. The molecule has 0 spiro atoms. The van der Waals surface area contributed by atoms with Gasteiger partial charge in [0.25, 0.3) is 11.1 Å². The summed E-state index contributed by atoms with van der Waals surface area (Å²) in [5, 5.41) is -0.345. The zero-order valence-electron chi connectivity index (χ0n) is 15.2. The maximum atomic E-state index is 12.8. The molecule has 1 heterocycles. The van der Waals surface area contributed by atoms with Gasteiger partial charge in [0.1, 0.15) is 17.2 Å². The molecule has 6 nitrogen and oxygen atoms in total. The molecule has 0 aromatic heterocycles. The SMILES string of the molecule is CCOc1ccc(N2C(=O)SC(=Cc3ccc(OC)cc3OC)C2=O)cc1. The second-order valence-electron chi connectivity index (χ2n) is 5.55. The lowest BCUT2D eigenvalue weighted by atomic mass is 10.1. The zero-order valence-corrected chi connectivity index (χ0v) is 16.0. The number of thioether (sulfide) groups is 1. The van der Waals surface area contributed by atoms with E-state index >= 15 is 0 Å². The minimum atomic E-state index is -0.368. The molecule has 1 saturated heterocycles. The predicted octanol–water partition coefficient (Wildman–Crippen LogP) is 4.34. The van der Waals surface area contributed by atoms with Crippen molar-refractivity contribution < 1.29 is 23.8 Å². The van der Waals surface area contributed by atoms with Gasteiger partial charge in [-0.25, -0.2) is 4.90 Å². The number of rotatable bonds is 6. The molecule has 140 valence electrons. The summed E-state index contributed by atoms with van der Waals surface area (Å²) >= 11 is 0.896. The Morgan fingerprint density at radius 3 is 2.33 bits per heavy atom. The molecule has 2 aromatic rings. The Morgan fingerprint density at radius 1 is 1.00 bits per heavy atom. The first kappa shape index (κ1) is 18.8. The molecule has 2 amide bonds. The summed E-state index contributed by atoms with van der Waals surface area (Å²) in [6.07, 6.45) is 1.65. The molecule has 0 unspecified atom stereocenters. The highest BCUT2D eigenvalue weighted by Crippen LogP contribution is 2.37. The van der Waals surface area contributed by atoms with Crippen molar-refractivity contribution in [3.05, 3.63) is 52.9 Å². The quantitative estimate of drug-likeness (QED) is 0.689. The van der Waals surface area contributed by atoms with Gasteiger partial charge in [-0.3, -0.25) is 9.59 Å². The topological polar surface area (TPSA) is 65.1 Å². The van der Waals surface area contributed by atoms with Crippen LogP contribution in [0.2, 0.25) is 0 Å². The van der Waals surface area contributed by atoms with E-state index in [1.54, 1.807) is 55.7 Å². The van der Waals surface area contributed by atoms with E-state index in [-0.39, 0.29) is 11.1 Å². The summed E-state index contributed by atoms with van der Waals surface area (Å²) in [5.74, 6) is 1.52. The molecule has 0 atom stereocenters. The molecular formula is C20H19NO5S. The summed E-state index contributed by atoms with van der Waals surface area (Å²) < 4.78 is 15.9. The first-order valence-electron chi connectivity index (χ1n) is 8.30. The third-order valence-electron chi connectivity index (χ3n) is 3.93. The van der Waals surface area contributed by atoms with Crippen LogP contribution in [0.3, 0.4) is 0 Å². The molecule has 1 aliphatic rings. The van der Waals surface area contributed by atoms with Gasteiger partial charge in [-0.15, -0.1) is 0 Å². The van der Waals surface area contributed by atoms with Crippen molar-refractivity contribution >= 4 is 34.7 Å². The van der Waals surface area contributed by atoms with Crippen LogP contribution in [-0.4, -0.2) is 32.0 Å². The fourth-order valence-corrected chi connectivity index (χ4v) is 3.46. The number of hydrogen-bond acceptors (Lipinski definition) is 6. The van der Waals surface area contributed by atoms with Crippen molar-refractivity contribution in [1.29, 1.82) is 0 Å². The van der Waals surface area contributed by atoms with E-state index in [9.17, 15) is 9.59 Å². The zero-order chi connectivity index (χ0) is 19.4. The van der Waals surface area contributed by atoms with Crippen molar-refractivity contribution in [3.8, 4) is 17.2 Å². The van der Waals surface area contributed by atoms with E-state index in [0.29, 0.717) is 40.0 Å². The van der Waals surface area contributed by atoms with Gasteiger partial charge in [-0.2, -0.15) is 0 Å². The number of ether oxygens (including phenoxy) is 3. The number of benzene rings is 2. The van der Waals surface area contributed by atoms with E-state index in [2.05, 4.69) is 0 Å². The summed E-state index contributed by atoms with van der Waals surface area (Å²) in [6, 6.07) is 12.1. The molecule has 2 aromatic carbocycles. The highest BCUT2D eigenvalue weighted by atomic mass is 32.2. The number of amides is 2. The van der Waals surface area contributed by atoms with Gasteiger partial charge in [0, 0.05) is 11.6 Å². The molecule has 0 radical (unpaired) electrons. The summed E-state index contributed by atoms with van der Waals surface area (Å²) in [6.45, 7) is 2.44. The maximum absolute atomic E-state index is 12.8. The predicted molar refractivity (Wildman–Crippen MR) is 106 cm³/mol. The number of carbonyl (C=O) groups excluding carboxylic acids is 2. The van der Waals surface area contributed by atoms with E-state index in [1.807, 2.05) is 6.92 Å². The first-order valence-corrected chi connectivity index (χ1v) is 9.12. The van der Waals surface area contributed by atoms with Crippen LogP contribution in [0.25, 0.3) is 6.08 Å². The lowest BCUT2D eigenvalue weighted by Gasteiger charge is -2.13. The molecule has 0 N–H and O–H groups in total. The van der Waals surface area contributed by atoms with Gasteiger partial charge in [-0.1, -0.05) is 0 Å². The van der Waals surface area contributed by atoms with Gasteiger partial charge in [0.15, 0.2) is 0 Å². The van der Waals surface area contributed by atoms with Crippen LogP contribution < -0.4 is 19.1 Å². The molecule has 27 heavy (non-hydrogen) atoms. The van der Waals surface area contributed by atoms with Crippen LogP contribution in [0.5, 0.6) is 17.2 Å². The van der Waals surface area contributed by atoms with Crippen molar-refractivity contribution in [2.75, 3.05) is 25.7 Å². The van der Waals surface area contributed by atoms with E-state index in [0.717, 1.165) is 16.7 Å². The van der Waals surface area contributed by atoms with Crippen LogP contribution >= 0.6 is 11.8 Å². The fourth-order valence-electron chi connectivity index (χ4n) is 2.63. The first-order chi connectivity index (χ1) is 13.1. The molecule has 0 aliphatic carbocycles. The average Bonchev–Trinajstić information content (AvgIpc) is 2.96. The van der Waals surface area contributed by atoms with Crippen LogP contribution in [0.15, 0.2) is 47.4 Å². The van der Waals surface area contributed by atoms with Crippen molar-refractivity contribution in [1.82, 2.24) is 0 Å². The monoisotopic (exact) mass is 385 g/mol. The lowest BCUT2D eigenvalue weighted by molar-refractivity contribution is -0.113. The van der Waals surface area contributed by atoms with Crippen molar-refractivity contribution in [2.24, 2.45) is 0 Å². The van der Waals surface area contributed by atoms with Crippen LogP contribution in [-0.2, 0) is 4.79 Å². The highest BCUT2D eigenvalue weighted by molar-refractivity contribution is 8.19. The van der Waals surface area contributed by atoms with E-state index in [1.165, 1.54) is 7.11 Å². The fraction of sp³-hybridized carbons (Fsp3) is 0.200. The van der Waals surface area contributed by atoms with E-state index < -0.39 is 0 Å². The highest BCUT2D eigenvalue weighted by Gasteiger charge is 2.36. The standard InChI is InChI=1S/C20H19NO5S/c1-4-26-15-9-6-14(7-10-15)21-19(22)18(27-20(21)23)11-13-5-8-16(24-2)12-17(13)25-3/h5-12H,4H2,1-3H3. The minimum absolute atomic E-state index is 0.331. The molecule has 3 rings (SSSR count). The van der Waals surface area contributed by atoms with Crippen molar-refractivity contribution in [2.45, 2.75) is 6.92 Å². The average molecular weight is 385 g/mol. The molecule has 1 fully saturated rings.